The molecule has 0 radical (unpaired) electrons. The first-order valence-electron chi connectivity index (χ1n) is 8.68. The van der Waals surface area contributed by atoms with E-state index in [0.29, 0.717) is 17.9 Å². The van der Waals surface area contributed by atoms with E-state index in [0.717, 1.165) is 11.1 Å². The minimum Gasteiger partial charge on any atom is -0.497 e. The van der Waals surface area contributed by atoms with Crippen molar-refractivity contribution in [3.63, 3.8) is 0 Å². The minimum absolute atomic E-state index is 0.101. The van der Waals surface area contributed by atoms with Gasteiger partial charge in [-0.15, -0.1) is 0 Å². The highest BCUT2D eigenvalue weighted by Gasteiger charge is 2.18. The molecular formula is C20H26N2O4S. The number of rotatable bonds is 8. The molecule has 0 atom stereocenters. The van der Waals surface area contributed by atoms with Gasteiger partial charge in [0.1, 0.15) is 5.75 Å². The molecule has 146 valence electrons. The van der Waals surface area contributed by atoms with Crippen LogP contribution < -0.4 is 9.46 Å². The second-order valence-electron chi connectivity index (χ2n) is 6.46. The second kappa shape index (κ2) is 9.01. The van der Waals surface area contributed by atoms with E-state index < -0.39 is 10.0 Å². The first-order valence-corrected chi connectivity index (χ1v) is 10.2. The van der Waals surface area contributed by atoms with Crippen LogP contribution in [-0.4, -0.2) is 39.4 Å². The summed E-state index contributed by atoms with van der Waals surface area (Å²) in [7, 11) is -2.13. The Kier molecular flexibility index (Phi) is 6.98. The van der Waals surface area contributed by atoms with Gasteiger partial charge in [0.25, 0.3) is 0 Å². The Bertz CT molecular complexity index is 910. The Hall–Kier alpha value is -2.38. The molecule has 27 heavy (non-hydrogen) atoms. The van der Waals surface area contributed by atoms with E-state index in [1.165, 1.54) is 20.1 Å². The zero-order valence-corrected chi connectivity index (χ0v) is 17.0. The van der Waals surface area contributed by atoms with Gasteiger partial charge < -0.3 is 9.64 Å². The molecule has 0 aliphatic heterocycles. The van der Waals surface area contributed by atoms with Gasteiger partial charge in [-0.2, -0.15) is 0 Å². The molecule has 1 N–H and O–H groups in total. The number of sulfonamides is 1. The van der Waals surface area contributed by atoms with Gasteiger partial charge in [-0.1, -0.05) is 29.8 Å². The Balaban J connectivity index is 2.02. The number of carbonyl (C=O) groups excluding carboxylic acids is 1. The Morgan fingerprint density at radius 3 is 2.48 bits per heavy atom. The van der Waals surface area contributed by atoms with Crippen molar-refractivity contribution in [1.82, 2.24) is 9.62 Å². The Labute approximate surface area is 161 Å². The van der Waals surface area contributed by atoms with Crippen molar-refractivity contribution in [2.45, 2.75) is 32.2 Å². The standard InChI is InChI=1S/C20H26N2O4S/c1-15-6-5-7-18(12-15)14-22(17(3)23)11-10-21-27(24,25)20-9-8-19(26-4)13-16(20)2/h5-9,12-13,21H,10-11,14H2,1-4H3. The van der Waals surface area contributed by atoms with E-state index in [1.54, 1.807) is 24.0 Å². The van der Waals surface area contributed by atoms with Gasteiger partial charge in [0.05, 0.1) is 12.0 Å². The maximum absolute atomic E-state index is 12.6. The highest BCUT2D eigenvalue weighted by Crippen LogP contribution is 2.20. The largest absolute Gasteiger partial charge is 0.497 e. The third-order valence-corrected chi connectivity index (χ3v) is 5.87. The predicted octanol–water partition coefficient (Wildman–Crippen LogP) is 2.64. The summed E-state index contributed by atoms with van der Waals surface area (Å²) in [4.78, 5) is 13.7. The monoisotopic (exact) mass is 390 g/mol. The van der Waals surface area contributed by atoms with Crippen LogP contribution in [0.4, 0.5) is 0 Å². The molecule has 2 aromatic rings. The van der Waals surface area contributed by atoms with Crippen LogP contribution in [0.1, 0.15) is 23.6 Å². The number of hydrogen-bond donors (Lipinski definition) is 1. The normalized spacial score (nSPS) is 11.3. The third-order valence-electron chi connectivity index (χ3n) is 4.25. The molecule has 6 nitrogen and oxygen atoms in total. The molecule has 7 heteroatoms. The molecule has 0 aliphatic carbocycles. The summed E-state index contributed by atoms with van der Waals surface area (Å²) in [5.41, 5.74) is 2.73. The number of carbonyl (C=O) groups is 1. The summed E-state index contributed by atoms with van der Waals surface area (Å²) in [6.07, 6.45) is 0. The van der Waals surface area contributed by atoms with Crippen molar-refractivity contribution in [2.75, 3.05) is 20.2 Å². The smallest absolute Gasteiger partial charge is 0.240 e. The number of nitrogens with one attached hydrogen (secondary N) is 1. The van der Waals surface area contributed by atoms with Gasteiger partial charge in [0.15, 0.2) is 0 Å². The van der Waals surface area contributed by atoms with Crippen LogP contribution in [0.25, 0.3) is 0 Å². The van der Waals surface area contributed by atoms with Crippen molar-refractivity contribution in [2.24, 2.45) is 0 Å². The van der Waals surface area contributed by atoms with Gasteiger partial charge in [0, 0.05) is 26.6 Å². The van der Waals surface area contributed by atoms with E-state index >= 15 is 0 Å². The lowest BCUT2D eigenvalue weighted by atomic mass is 10.1. The van der Waals surface area contributed by atoms with E-state index in [4.69, 9.17) is 4.74 Å². The zero-order valence-electron chi connectivity index (χ0n) is 16.2. The summed E-state index contributed by atoms with van der Waals surface area (Å²) >= 11 is 0. The number of amides is 1. The fraction of sp³-hybridized carbons (Fsp3) is 0.350. The quantitative estimate of drug-likeness (QED) is 0.752. The summed E-state index contributed by atoms with van der Waals surface area (Å²) in [6, 6.07) is 12.7. The van der Waals surface area contributed by atoms with E-state index in [-0.39, 0.29) is 23.9 Å². The molecule has 0 saturated carbocycles. The van der Waals surface area contributed by atoms with Gasteiger partial charge in [-0.05, 0) is 43.2 Å². The molecule has 0 heterocycles. The molecule has 0 bridgehead atoms. The van der Waals surface area contributed by atoms with Gasteiger partial charge in [-0.3, -0.25) is 4.79 Å². The summed E-state index contributed by atoms with van der Waals surface area (Å²) < 4.78 is 32.8. The number of aryl methyl sites for hydroxylation is 2. The lowest BCUT2D eigenvalue weighted by molar-refractivity contribution is -0.129. The fourth-order valence-corrected chi connectivity index (χ4v) is 4.07. The SMILES string of the molecule is COc1ccc(S(=O)(=O)NCCN(Cc2cccc(C)c2)C(C)=O)c(C)c1. The molecule has 0 saturated heterocycles. The maximum Gasteiger partial charge on any atom is 0.240 e. The highest BCUT2D eigenvalue weighted by atomic mass is 32.2. The third kappa shape index (κ3) is 5.80. The van der Waals surface area contributed by atoms with Crippen LogP contribution in [0, 0.1) is 13.8 Å². The molecule has 2 aromatic carbocycles. The molecule has 2 rings (SSSR count). The topological polar surface area (TPSA) is 75.7 Å². The Morgan fingerprint density at radius 1 is 1.15 bits per heavy atom. The molecule has 0 unspecified atom stereocenters. The minimum atomic E-state index is -3.66. The number of benzene rings is 2. The van der Waals surface area contributed by atoms with Crippen LogP contribution in [0.15, 0.2) is 47.4 Å². The summed E-state index contributed by atoms with van der Waals surface area (Å²) in [5, 5.41) is 0. The van der Waals surface area contributed by atoms with E-state index in [2.05, 4.69) is 4.72 Å². The first-order chi connectivity index (χ1) is 12.7. The zero-order chi connectivity index (χ0) is 20.0. The van der Waals surface area contributed by atoms with Crippen LogP contribution in [0.5, 0.6) is 5.75 Å². The van der Waals surface area contributed by atoms with Gasteiger partial charge >= 0.3 is 0 Å². The average molecular weight is 391 g/mol. The highest BCUT2D eigenvalue weighted by molar-refractivity contribution is 7.89. The van der Waals surface area contributed by atoms with Crippen molar-refractivity contribution >= 4 is 15.9 Å². The van der Waals surface area contributed by atoms with Crippen molar-refractivity contribution in [3.05, 3.63) is 59.2 Å². The molecule has 1 amide bonds. The Morgan fingerprint density at radius 2 is 1.89 bits per heavy atom. The van der Waals surface area contributed by atoms with E-state index in [1.807, 2.05) is 31.2 Å². The number of methoxy groups -OCH3 is 1. The van der Waals surface area contributed by atoms with Crippen molar-refractivity contribution in [1.29, 1.82) is 0 Å². The number of ether oxygens (including phenoxy) is 1. The average Bonchev–Trinajstić information content (AvgIpc) is 2.60. The maximum atomic E-state index is 12.6. The fourth-order valence-electron chi connectivity index (χ4n) is 2.82. The first kappa shape index (κ1) is 20.9. The molecule has 0 fully saturated rings. The van der Waals surface area contributed by atoms with Gasteiger partial charge in [0.2, 0.25) is 15.9 Å². The lowest BCUT2D eigenvalue weighted by Crippen LogP contribution is -2.37. The summed E-state index contributed by atoms with van der Waals surface area (Å²) in [6.45, 7) is 6.07. The molecule has 0 aliphatic rings. The van der Waals surface area contributed by atoms with Crippen LogP contribution >= 0.6 is 0 Å². The van der Waals surface area contributed by atoms with Crippen LogP contribution in [0.3, 0.4) is 0 Å². The van der Waals surface area contributed by atoms with Crippen molar-refractivity contribution < 1.29 is 17.9 Å². The van der Waals surface area contributed by atoms with Crippen LogP contribution in [-0.2, 0) is 21.4 Å². The number of hydrogen-bond acceptors (Lipinski definition) is 4. The summed E-state index contributed by atoms with van der Waals surface area (Å²) in [5.74, 6) is 0.503. The second-order valence-corrected chi connectivity index (χ2v) is 8.19. The molecular weight excluding hydrogens is 364 g/mol. The van der Waals surface area contributed by atoms with E-state index in [9.17, 15) is 13.2 Å². The number of nitrogens with zero attached hydrogens (tertiary/aromatic N) is 1. The van der Waals surface area contributed by atoms with Crippen molar-refractivity contribution in [3.8, 4) is 5.75 Å². The molecule has 0 aromatic heterocycles. The van der Waals surface area contributed by atoms with Gasteiger partial charge in [-0.25, -0.2) is 13.1 Å². The van der Waals surface area contributed by atoms with Crippen LogP contribution in [0.2, 0.25) is 0 Å². The lowest BCUT2D eigenvalue weighted by Gasteiger charge is -2.22. The predicted molar refractivity (Wildman–Crippen MR) is 105 cm³/mol. The molecule has 0 spiro atoms.